The molecule has 0 aliphatic carbocycles. The lowest BCUT2D eigenvalue weighted by Crippen LogP contribution is -2.53. The number of carbonyl (C=O) groups is 1. The lowest BCUT2D eigenvalue weighted by molar-refractivity contribution is -0.146. The molecule has 4 rings (SSSR count). The number of amides is 1. The predicted molar refractivity (Wildman–Crippen MR) is 115 cm³/mol. The van der Waals surface area contributed by atoms with Gasteiger partial charge in [-0.3, -0.25) is 9.69 Å². The summed E-state index contributed by atoms with van der Waals surface area (Å²) in [6, 6.07) is 5.23. The van der Waals surface area contributed by atoms with Gasteiger partial charge in [0.05, 0.1) is 29.8 Å². The minimum Gasteiger partial charge on any atom is -0.495 e. The molecule has 0 N–H and O–H groups in total. The third-order valence-corrected chi connectivity index (χ3v) is 7.40. The van der Waals surface area contributed by atoms with Crippen molar-refractivity contribution in [3.8, 4) is 5.75 Å². The van der Waals surface area contributed by atoms with E-state index >= 15 is 0 Å². The highest BCUT2D eigenvalue weighted by Crippen LogP contribution is 2.41. The first-order valence-electron chi connectivity index (χ1n) is 10.3. The third-order valence-electron chi connectivity index (χ3n) is 6.59. The standard InChI is InChI=1S/C21H25Cl2F3N4O2/c1-12-19(23)20(21(24,25)26)27(2)30(12)11-18(31)29-10-14-7-15(29)9-28(14)8-13-4-5-16(22)17(6-13)32-3/h4-6,12,14-15H,7-11H2,1-3H3. The number of allylic oxidation sites excluding steroid dienone is 1. The van der Waals surface area contributed by atoms with Crippen LogP contribution in [-0.4, -0.2) is 83.8 Å². The molecule has 0 radical (unpaired) electrons. The van der Waals surface area contributed by atoms with Crippen molar-refractivity contribution in [2.45, 2.75) is 44.2 Å². The van der Waals surface area contributed by atoms with E-state index in [9.17, 15) is 18.0 Å². The molecule has 1 aromatic carbocycles. The van der Waals surface area contributed by atoms with Gasteiger partial charge in [0.2, 0.25) is 5.91 Å². The smallest absolute Gasteiger partial charge is 0.433 e. The van der Waals surface area contributed by atoms with Gasteiger partial charge in [-0.2, -0.15) is 13.2 Å². The van der Waals surface area contributed by atoms with Crippen molar-refractivity contribution in [1.29, 1.82) is 0 Å². The highest BCUT2D eigenvalue weighted by atomic mass is 35.5. The maximum absolute atomic E-state index is 13.3. The Morgan fingerprint density at radius 3 is 2.50 bits per heavy atom. The summed E-state index contributed by atoms with van der Waals surface area (Å²) in [6.45, 7) is 3.43. The monoisotopic (exact) mass is 492 g/mol. The molecule has 32 heavy (non-hydrogen) atoms. The second kappa shape index (κ2) is 8.59. The van der Waals surface area contributed by atoms with Gasteiger partial charge in [-0.25, -0.2) is 5.01 Å². The Labute approximate surface area is 195 Å². The Kier molecular flexibility index (Phi) is 6.30. The highest BCUT2D eigenvalue weighted by Gasteiger charge is 2.49. The van der Waals surface area contributed by atoms with E-state index in [4.69, 9.17) is 27.9 Å². The molecular formula is C21H25Cl2F3N4O2. The van der Waals surface area contributed by atoms with Gasteiger partial charge in [0.1, 0.15) is 5.75 Å². The van der Waals surface area contributed by atoms with Gasteiger partial charge in [0.15, 0.2) is 5.70 Å². The molecule has 0 spiro atoms. The molecule has 1 aromatic rings. The Balaban J connectivity index is 1.37. The number of piperazine rings is 1. The molecule has 176 valence electrons. The molecule has 0 saturated carbocycles. The summed E-state index contributed by atoms with van der Waals surface area (Å²) in [6.07, 6.45) is -3.72. The normalized spacial score (nSPS) is 26.6. The van der Waals surface area contributed by atoms with Crippen LogP contribution in [0.3, 0.4) is 0 Å². The SMILES string of the molecule is COc1cc(CN2CC3CC2CN3C(=O)CN2C(C)C(Cl)=C(C(F)(F)F)N2C)ccc1Cl. The summed E-state index contributed by atoms with van der Waals surface area (Å²) in [7, 11) is 2.87. The van der Waals surface area contributed by atoms with E-state index in [-0.39, 0.29) is 29.6 Å². The number of methoxy groups -OCH3 is 1. The van der Waals surface area contributed by atoms with E-state index in [1.165, 1.54) is 12.1 Å². The topological polar surface area (TPSA) is 39.3 Å². The molecular weight excluding hydrogens is 468 g/mol. The summed E-state index contributed by atoms with van der Waals surface area (Å²) >= 11 is 12.1. The van der Waals surface area contributed by atoms with Crippen molar-refractivity contribution in [2.75, 3.05) is 33.8 Å². The number of rotatable bonds is 5. The van der Waals surface area contributed by atoms with Crippen molar-refractivity contribution in [3.63, 3.8) is 0 Å². The summed E-state index contributed by atoms with van der Waals surface area (Å²) in [4.78, 5) is 17.1. The maximum Gasteiger partial charge on any atom is 0.433 e. The Hall–Kier alpha value is -1.68. The summed E-state index contributed by atoms with van der Waals surface area (Å²) in [5.74, 6) is 0.441. The molecule has 6 nitrogen and oxygen atoms in total. The van der Waals surface area contributed by atoms with E-state index in [1.54, 1.807) is 18.9 Å². The minimum absolute atomic E-state index is 0.0513. The second-order valence-electron chi connectivity index (χ2n) is 8.48. The molecule has 0 aromatic heterocycles. The average Bonchev–Trinajstić information content (AvgIpc) is 3.37. The predicted octanol–water partition coefficient (Wildman–Crippen LogP) is 3.70. The number of hydrazine groups is 1. The maximum atomic E-state index is 13.3. The second-order valence-corrected chi connectivity index (χ2v) is 9.29. The van der Waals surface area contributed by atoms with E-state index in [0.29, 0.717) is 17.3 Å². The number of nitrogens with zero attached hydrogens (tertiary/aromatic N) is 4. The fourth-order valence-electron chi connectivity index (χ4n) is 4.95. The Morgan fingerprint density at radius 2 is 1.94 bits per heavy atom. The highest BCUT2D eigenvalue weighted by molar-refractivity contribution is 6.32. The quantitative estimate of drug-likeness (QED) is 0.626. The van der Waals surface area contributed by atoms with E-state index in [2.05, 4.69) is 4.90 Å². The van der Waals surface area contributed by atoms with Crippen LogP contribution >= 0.6 is 23.2 Å². The number of benzene rings is 1. The summed E-state index contributed by atoms with van der Waals surface area (Å²) in [5.41, 5.74) is 0.163. The van der Waals surface area contributed by atoms with Gasteiger partial charge in [0.25, 0.3) is 0 Å². The first kappa shape index (κ1) is 23.5. The van der Waals surface area contributed by atoms with Crippen LogP contribution in [0, 0.1) is 0 Å². The van der Waals surface area contributed by atoms with Gasteiger partial charge >= 0.3 is 6.18 Å². The number of likely N-dealkylation sites (tertiary alicyclic amines) is 2. The van der Waals surface area contributed by atoms with Crippen LogP contribution in [0.15, 0.2) is 28.9 Å². The molecule has 2 bridgehead atoms. The average molecular weight is 493 g/mol. The van der Waals surface area contributed by atoms with Crippen molar-refractivity contribution in [2.24, 2.45) is 0 Å². The molecule has 1 amide bonds. The van der Waals surface area contributed by atoms with Crippen LogP contribution in [0.2, 0.25) is 5.02 Å². The molecule has 3 atom stereocenters. The van der Waals surface area contributed by atoms with Crippen LogP contribution < -0.4 is 4.74 Å². The number of ether oxygens (including phenoxy) is 1. The zero-order chi connectivity index (χ0) is 23.4. The van der Waals surface area contributed by atoms with E-state index in [1.807, 2.05) is 18.2 Å². The van der Waals surface area contributed by atoms with Crippen molar-refractivity contribution < 1.29 is 22.7 Å². The third kappa shape index (κ3) is 4.16. The molecule has 3 heterocycles. The first-order valence-corrected chi connectivity index (χ1v) is 11.1. The number of alkyl halides is 3. The summed E-state index contributed by atoms with van der Waals surface area (Å²) in [5, 5.41) is 2.59. The van der Waals surface area contributed by atoms with E-state index in [0.717, 1.165) is 30.1 Å². The number of hydrogen-bond donors (Lipinski definition) is 0. The zero-order valence-corrected chi connectivity index (χ0v) is 19.5. The first-order chi connectivity index (χ1) is 15.0. The number of fused-ring (bicyclic) bond motifs is 2. The van der Waals surface area contributed by atoms with Crippen LogP contribution in [-0.2, 0) is 11.3 Å². The van der Waals surface area contributed by atoms with Crippen molar-refractivity contribution in [3.05, 3.63) is 39.5 Å². The number of hydrogen-bond acceptors (Lipinski definition) is 5. The number of carbonyl (C=O) groups excluding carboxylic acids is 1. The largest absolute Gasteiger partial charge is 0.495 e. The molecule has 2 saturated heterocycles. The Bertz CT molecular complexity index is 942. The van der Waals surface area contributed by atoms with Gasteiger partial charge < -0.3 is 14.6 Å². The van der Waals surface area contributed by atoms with Crippen LogP contribution in [0.5, 0.6) is 5.75 Å². The number of halogens is 5. The minimum atomic E-state index is -4.57. The molecule has 3 aliphatic rings. The fourth-order valence-corrected chi connectivity index (χ4v) is 5.49. The Morgan fingerprint density at radius 1 is 1.22 bits per heavy atom. The van der Waals surface area contributed by atoms with Crippen molar-refractivity contribution in [1.82, 2.24) is 19.8 Å². The molecule has 2 fully saturated rings. The van der Waals surface area contributed by atoms with Crippen LogP contribution in [0.4, 0.5) is 13.2 Å². The van der Waals surface area contributed by atoms with Crippen LogP contribution in [0.1, 0.15) is 18.9 Å². The van der Waals surface area contributed by atoms with Gasteiger partial charge in [-0.05, 0) is 31.0 Å². The lowest BCUT2D eigenvalue weighted by atomic mass is 10.1. The van der Waals surface area contributed by atoms with Gasteiger partial charge in [-0.15, -0.1) is 0 Å². The van der Waals surface area contributed by atoms with Gasteiger partial charge in [0, 0.05) is 38.8 Å². The zero-order valence-electron chi connectivity index (χ0n) is 18.0. The van der Waals surface area contributed by atoms with E-state index < -0.39 is 17.9 Å². The molecule has 11 heteroatoms. The van der Waals surface area contributed by atoms with Gasteiger partial charge in [-0.1, -0.05) is 29.3 Å². The molecule has 3 aliphatic heterocycles. The molecule has 3 unspecified atom stereocenters. The van der Waals surface area contributed by atoms with Crippen LogP contribution in [0.25, 0.3) is 0 Å². The fraction of sp³-hybridized carbons (Fsp3) is 0.571. The lowest BCUT2D eigenvalue weighted by Gasteiger charge is -2.37. The summed E-state index contributed by atoms with van der Waals surface area (Å²) < 4.78 is 45.3. The van der Waals surface area contributed by atoms with Crippen molar-refractivity contribution >= 4 is 29.1 Å².